The molecular formula is C20H24O9S. The first-order chi connectivity index (χ1) is 14.2. The molecule has 1 aliphatic rings. The highest BCUT2D eigenvalue weighted by Gasteiger charge is 2.52. The van der Waals surface area contributed by atoms with Crippen LogP contribution in [0.15, 0.2) is 35.2 Å². The second-order valence-corrected chi connectivity index (χ2v) is 7.67. The first kappa shape index (κ1) is 23.7. The van der Waals surface area contributed by atoms with E-state index in [1.165, 1.54) is 39.5 Å². The maximum atomic E-state index is 11.8. The number of rotatable bonds is 7. The number of hydrogen-bond donors (Lipinski definition) is 0. The zero-order chi connectivity index (χ0) is 22.3. The van der Waals surface area contributed by atoms with E-state index in [1.54, 1.807) is 0 Å². The van der Waals surface area contributed by atoms with Crippen molar-refractivity contribution in [1.82, 2.24) is 0 Å². The number of carbonyl (C=O) groups is 4. The molecule has 0 bridgehead atoms. The number of benzene rings is 1. The van der Waals surface area contributed by atoms with Crippen molar-refractivity contribution in [3.63, 3.8) is 0 Å². The minimum atomic E-state index is -1.16. The highest BCUT2D eigenvalue weighted by Crippen LogP contribution is 2.37. The van der Waals surface area contributed by atoms with Crippen molar-refractivity contribution >= 4 is 35.6 Å². The lowest BCUT2D eigenvalue weighted by atomic mass is 9.99. The lowest BCUT2D eigenvalue weighted by Gasteiger charge is -2.44. The number of ether oxygens (including phenoxy) is 5. The molecule has 0 aromatic heterocycles. The van der Waals surface area contributed by atoms with Crippen LogP contribution in [0.4, 0.5) is 0 Å². The summed E-state index contributed by atoms with van der Waals surface area (Å²) in [5.74, 6) is -2.51. The lowest BCUT2D eigenvalue weighted by molar-refractivity contribution is -0.237. The molecule has 9 nitrogen and oxygen atoms in total. The Balaban J connectivity index is 2.42. The smallest absolute Gasteiger partial charge is 0.303 e. The van der Waals surface area contributed by atoms with Gasteiger partial charge in [0, 0.05) is 32.6 Å². The maximum Gasteiger partial charge on any atom is 0.303 e. The summed E-state index contributed by atoms with van der Waals surface area (Å²) in [6.07, 6.45) is -4.33. The zero-order valence-electron chi connectivity index (χ0n) is 17.1. The number of hydrogen-bond acceptors (Lipinski definition) is 10. The SMILES string of the molecule is CC(=O)OCC1O[C@H](Sc2ccccc2)C(OC(C)=O)C(OC(C)=O)[C@@H]1OC(C)=O. The van der Waals surface area contributed by atoms with Crippen LogP contribution in [0.25, 0.3) is 0 Å². The molecule has 0 spiro atoms. The molecular weight excluding hydrogens is 416 g/mol. The second-order valence-electron chi connectivity index (χ2n) is 6.50. The van der Waals surface area contributed by atoms with Crippen LogP contribution < -0.4 is 0 Å². The van der Waals surface area contributed by atoms with E-state index >= 15 is 0 Å². The van der Waals surface area contributed by atoms with E-state index < -0.39 is 53.7 Å². The molecule has 1 heterocycles. The van der Waals surface area contributed by atoms with Crippen molar-refractivity contribution in [1.29, 1.82) is 0 Å². The molecule has 0 radical (unpaired) electrons. The van der Waals surface area contributed by atoms with Gasteiger partial charge in [0.05, 0.1) is 0 Å². The lowest BCUT2D eigenvalue weighted by Crippen LogP contribution is -2.61. The van der Waals surface area contributed by atoms with Gasteiger partial charge in [-0.15, -0.1) is 0 Å². The second kappa shape index (κ2) is 11.0. The van der Waals surface area contributed by atoms with Crippen LogP contribution in [-0.2, 0) is 42.9 Å². The standard InChI is InChI=1S/C20H24O9S/c1-11(21)25-10-16-17(26-12(2)22)18(27-13(3)23)19(28-14(4)24)20(29-16)30-15-8-6-5-7-9-15/h5-9,16-20H,10H2,1-4H3/t16?,17-,18?,19?,20-/m1/s1. The Hall–Kier alpha value is -2.59. The van der Waals surface area contributed by atoms with Gasteiger partial charge in [0.2, 0.25) is 0 Å². The van der Waals surface area contributed by atoms with Gasteiger partial charge in [0.15, 0.2) is 18.3 Å². The van der Waals surface area contributed by atoms with Crippen molar-refractivity contribution in [2.75, 3.05) is 6.61 Å². The Kier molecular flexibility index (Phi) is 8.67. The van der Waals surface area contributed by atoms with Crippen LogP contribution in [0.2, 0.25) is 0 Å². The van der Waals surface area contributed by atoms with Gasteiger partial charge in [-0.05, 0) is 12.1 Å². The van der Waals surface area contributed by atoms with Crippen LogP contribution in [0.5, 0.6) is 0 Å². The Morgan fingerprint density at radius 2 is 1.33 bits per heavy atom. The summed E-state index contributed by atoms with van der Waals surface area (Å²) in [5, 5.41) is 0. The Labute approximate surface area is 178 Å². The van der Waals surface area contributed by atoms with E-state index in [1.807, 2.05) is 30.3 Å². The van der Waals surface area contributed by atoms with Crippen molar-refractivity contribution in [3.8, 4) is 0 Å². The van der Waals surface area contributed by atoms with Gasteiger partial charge in [-0.25, -0.2) is 0 Å². The van der Waals surface area contributed by atoms with Crippen molar-refractivity contribution in [2.45, 2.75) is 62.4 Å². The number of esters is 4. The molecule has 0 amide bonds. The van der Waals surface area contributed by atoms with Crippen LogP contribution in [0, 0.1) is 0 Å². The molecule has 1 aromatic rings. The molecule has 0 N–H and O–H groups in total. The average Bonchev–Trinajstić information content (AvgIpc) is 2.64. The molecule has 3 unspecified atom stereocenters. The minimum absolute atomic E-state index is 0.246. The summed E-state index contributed by atoms with van der Waals surface area (Å²) >= 11 is 1.23. The summed E-state index contributed by atoms with van der Waals surface area (Å²) in [6, 6.07) is 9.16. The normalized spacial score (nSPS) is 25.7. The third-order valence-electron chi connectivity index (χ3n) is 3.94. The fraction of sp³-hybridized carbons (Fsp3) is 0.500. The average molecular weight is 440 g/mol. The Bertz CT molecular complexity index is 767. The highest BCUT2D eigenvalue weighted by molar-refractivity contribution is 7.99. The number of carbonyl (C=O) groups excluding carboxylic acids is 4. The summed E-state index contributed by atoms with van der Waals surface area (Å²) in [7, 11) is 0. The molecule has 5 atom stereocenters. The molecule has 164 valence electrons. The summed E-state index contributed by atoms with van der Waals surface area (Å²) in [4.78, 5) is 47.3. The topological polar surface area (TPSA) is 114 Å². The predicted molar refractivity (Wildman–Crippen MR) is 104 cm³/mol. The first-order valence-electron chi connectivity index (χ1n) is 9.19. The summed E-state index contributed by atoms with van der Waals surface area (Å²) in [6.45, 7) is 4.56. The zero-order valence-corrected chi connectivity index (χ0v) is 17.9. The van der Waals surface area contributed by atoms with Gasteiger partial charge >= 0.3 is 23.9 Å². The van der Waals surface area contributed by atoms with Gasteiger partial charge in [-0.1, -0.05) is 30.0 Å². The van der Waals surface area contributed by atoms with Crippen LogP contribution in [-0.4, -0.2) is 60.3 Å². The quantitative estimate of drug-likeness (QED) is 0.460. The number of thioether (sulfide) groups is 1. The van der Waals surface area contributed by atoms with Gasteiger partial charge in [0.1, 0.15) is 18.1 Å². The molecule has 1 saturated heterocycles. The Morgan fingerprint density at radius 1 is 0.800 bits per heavy atom. The Morgan fingerprint density at radius 3 is 1.87 bits per heavy atom. The highest BCUT2D eigenvalue weighted by atomic mass is 32.2. The molecule has 30 heavy (non-hydrogen) atoms. The molecule has 1 aliphatic heterocycles. The largest absolute Gasteiger partial charge is 0.463 e. The van der Waals surface area contributed by atoms with Crippen LogP contribution in [0.1, 0.15) is 27.7 Å². The van der Waals surface area contributed by atoms with Gasteiger partial charge < -0.3 is 23.7 Å². The molecule has 0 aliphatic carbocycles. The van der Waals surface area contributed by atoms with Gasteiger partial charge in [-0.2, -0.15) is 0 Å². The van der Waals surface area contributed by atoms with E-state index in [2.05, 4.69) is 0 Å². The monoisotopic (exact) mass is 440 g/mol. The van der Waals surface area contributed by atoms with E-state index in [-0.39, 0.29) is 6.61 Å². The van der Waals surface area contributed by atoms with Crippen LogP contribution in [0.3, 0.4) is 0 Å². The fourth-order valence-electron chi connectivity index (χ4n) is 2.92. The van der Waals surface area contributed by atoms with E-state index in [9.17, 15) is 19.2 Å². The van der Waals surface area contributed by atoms with E-state index in [0.717, 1.165) is 4.90 Å². The maximum absolute atomic E-state index is 11.8. The molecule has 1 aromatic carbocycles. The van der Waals surface area contributed by atoms with Gasteiger partial charge in [-0.3, -0.25) is 19.2 Å². The minimum Gasteiger partial charge on any atom is -0.463 e. The molecule has 10 heteroatoms. The van der Waals surface area contributed by atoms with E-state index in [4.69, 9.17) is 23.7 Å². The predicted octanol–water partition coefficient (Wildman–Crippen LogP) is 1.86. The summed E-state index contributed by atoms with van der Waals surface area (Å²) < 4.78 is 27.2. The third-order valence-corrected chi connectivity index (χ3v) is 5.10. The van der Waals surface area contributed by atoms with E-state index in [0.29, 0.717) is 0 Å². The van der Waals surface area contributed by atoms with Crippen molar-refractivity contribution in [2.24, 2.45) is 0 Å². The third kappa shape index (κ3) is 7.03. The molecule has 1 fully saturated rings. The van der Waals surface area contributed by atoms with Crippen molar-refractivity contribution in [3.05, 3.63) is 30.3 Å². The van der Waals surface area contributed by atoms with Crippen molar-refractivity contribution < 1.29 is 42.9 Å². The van der Waals surface area contributed by atoms with Gasteiger partial charge in [0.25, 0.3) is 0 Å². The molecule has 0 saturated carbocycles. The molecule has 2 rings (SSSR count). The first-order valence-corrected chi connectivity index (χ1v) is 10.1. The van der Waals surface area contributed by atoms with Crippen LogP contribution >= 0.6 is 11.8 Å². The fourth-order valence-corrected chi connectivity index (χ4v) is 4.04. The summed E-state index contributed by atoms with van der Waals surface area (Å²) in [5.41, 5.74) is -0.826.